The Morgan fingerprint density at radius 1 is 1.27 bits per heavy atom. The van der Waals surface area contributed by atoms with Crippen molar-refractivity contribution in [2.75, 3.05) is 32.1 Å². The summed E-state index contributed by atoms with van der Waals surface area (Å²) in [7, 11) is 3.56. The molecule has 7 nitrogen and oxygen atoms in total. The first-order valence-corrected chi connectivity index (χ1v) is 10.8. The van der Waals surface area contributed by atoms with Crippen LogP contribution in [0.3, 0.4) is 0 Å². The van der Waals surface area contributed by atoms with E-state index in [1.807, 2.05) is 68.1 Å². The molecule has 164 valence electrons. The maximum Gasteiger partial charge on any atom is 0.322 e. The predicted octanol–water partition coefficient (Wildman–Crippen LogP) is 4.10. The fraction of sp³-hybridized carbons (Fsp3) is 0.455. The molecule has 1 atom stereocenters. The van der Waals surface area contributed by atoms with Crippen LogP contribution in [0.5, 0.6) is 0 Å². The second-order valence-corrected chi connectivity index (χ2v) is 8.16. The van der Waals surface area contributed by atoms with Crippen LogP contribution >= 0.6 is 15.9 Å². The Bertz CT molecular complexity index is 839. The first-order valence-electron chi connectivity index (χ1n) is 10.1. The van der Waals surface area contributed by atoms with Crippen LogP contribution in [0, 0.1) is 0 Å². The van der Waals surface area contributed by atoms with Crippen molar-refractivity contribution in [2.24, 2.45) is 7.05 Å². The van der Waals surface area contributed by atoms with Crippen molar-refractivity contribution in [2.45, 2.75) is 32.9 Å². The molecule has 3 amide bonds. The SMILES string of the molecule is CCC(C)N(CC(=O)N(CCOC)Cc1cccn1C)C(=O)Nc1cccc(Br)c1. The summed E-state index contributed by atoms with van der Waals surface area (Å²) in [5.41, 5.74) is 1.70. The van der Waals surface area contributed by atoms with E-state index >= 15 is 0 Å². The van der Waals surface area contributed by atoms with Crippen molar-refractivity contribution in [3.05, 3.63) is 52.8 Å². The molecule has 0 radical (unpaired) electrons. The molecular weight excluding hydrogens is 448 g/mol. The molecule has 0 aliphatic rings. The van der Waals surface area contributed by atoms with E-state index in [0.29, 0.717) is 25.4 Å². The van der Waals surface area contributed by atoms with E-state index in [9.17, 15) is 9.59 Å². The normalized spacial score (nSPS) is 11.8. The fourth-order valence-electron chi connectivity index (χ4n) is 3.01. The van der Waals surface area contributed by atoms with E-state index < -0.39 is 0 Å². The number of methoxy groups -OCH3 is 1. The number of carbonyl (C=O) groups excluding carboxylic acids is 2. The highest BCUT2D eigenvalue weighted by molar-refractivity contribution is 9.10. The van der Waals surface area contributed by atoms with Crippen LogP contribution in [-0.4, -0.2) is 59.2 Å². The van der Waals surface area contributed by atoms with Gasteiger partial charge in [-0.05, 0) is 43.7 Å². The Labute approximate surface area is 187 Å². The third-order valence-electron chi connectivity index (χ3n) is 5.09. The predicted molar refractivity (Wildman–Crippen MR) is 122 cm³/mol. The van der Waals surface area contributed by atoms with Gasteiger partial charge in [-0.2, -0.15) is 0 Å². The lowest BCUT2D eigenvalue weighted by molar-refractivity contribution is -0.133. The van der Waals surface area contributed by atoms with Gasteiger partial charge in [0, 0.05) is 48.8 Å². The smallest absolute Gasteiger partial charge is 0.322 e. The number of nitrogens with one attached hydrogen (secondary N) is 1. The monoisotopic (exact) mass is 478 g/mol. The molecule has 1 heterocycles. The molecule has 2 aromatic rings. The zero-order valence-electron chi connectivity index (χ0n) is 18.1. The van der Waals surface area contributed by atoms with E-state index in [1.165, 1.54) is 0 Å². The number of aryl methyl sites for hydroxylation is 1. The quantitative estimate of drug-likeness (QED) is 0.558. The highest BCUT2D eigenvalue weighted by atomic mass is 79.9. The lowest BCUT2D eigenvalue weighted by Gasteiger charge is -2.31. The Hall–Kier alpha value is -2.32. The lowest BCUT2D eigenvalue weighted by Crippen LogP contribution is -2.48. The number of amides is 3. The molecule has 1 unspecified atom stereocenters. The van der Waals surface area contributed by atoms with Gasteiger partial charge in [-0.15, -0.1) is 0 Å². The molecule has 2 rings (SSSR count). The van der Waals surface area contributed by atoms with Crippen LogP contribution in [0.15, 0.2) is 47.1 Å². The van der Waals surface area contributed by atoms with Gasteiger partial charge in [-0.3, -0.25) is 4.79 Å². The Morgan fingerprint density at radius 3 is 2.63 bits per heavy atom. The minimum Gasteiger partial charge on any atom is -0.383 e. The van der Waals surface area contributed by atoms with Crippen LogP contribution < -0.4 is 5.32 Å². The Morgan fingerprint density at radius 2 is 2.03 bits per heavy atom. The van der Waals surface area contributed by atoms with Gasteiger partial charge >= 0.3 is 6.03 Å². The molecule has 1 aromatic heterocycles. The van der Waals surface area contributed by atoms with Crippen molar-refractivity contribution < 1.29 is 14.3 Å². The van der Waals surface area contributed by atoms with Gasteiger partial charge in [0.1, 0.15) is 6.54 Å². The summed E-state index contributed by atoms with van der Waals surface area (Å²) in [5.74, 6) is -0.113. The molecule has 0 spiro atoms. The molecule has 0 saturated carbocycles. The lowest BCUT2D eigenvalue weighted by atomic mass is 10.2. The average Bonchev–Trinajstić information content (AvgIpc) is 3.12. The van der Waals surface area contributed by atoms with Crippen molar-refractivity contribution in [3.63, 3.8) is 0 Å². The summed E-state index contributed by atoms with van der Waals surface area (Å²) in [6.07, 6.45) is 2.69. The third kappa shape index (κ3) is 6.88. The molecule has 0 bridgehead atoms. The van der Waals surface area contributed by atoms with E-state index in [4.69, 9.17) is 4.74 Å². The molecule has 1 aromatic carbocycles. The van der Waals surface area contributed by atoms with Gasteiger partial charge < -0.3 is 24.4 Å². The maximum absolute atomic E-state index is 13.2. The number of halogens is 1. The van der Waals surface area contributed by atoms with Crippen molar-refractivity contribution in [3.8, 4) is 0 Å². The maximum atomic E-state index is 13.2. The van der Waals surface area contributed by atoms with E-state index in [-0.39, 0.29) is 24.5 Å². The number of hydrogen-bond donors (Lipinski definition) is 1. The third-order valence-corrected chi connectivity index (χ3v) is 5.58. The molecule has 8 heteroatoms. The number of rotatable bonds is 10. The highest BCUT2D eigenvalue weighted by Gasteiger charge is 2.25. The fourth-order valence-corrected chi connectivity index (χ4v) is 3.40. The zero-order valence-corrected chi connectivity index (χ0v) is 19.7. The molecule has 0 aliphatic heterocycles. The number of hydrogen-bond acceptors (Lipinski definition) is 3. The Kier molecular flexibility index (Phi) is 9.39. The first-order chi connectivity index (χ1) is 14.3. The van der Waals surface area contributed by atoms with Crippen molar-refractivity contribution >= 4 is 33.6 Å². The number of ether oxygens (including phenoxy) is 1. The van der Waals surface area contributed by atoms with Crippen molar-refractivity contribution in [1.82, 2.24) is 14.4 Å². The number of aromatic nitrogens is 1. The number of anilines is 1. The summed E-state index contributed by atoms with van der Waals surface area (Å²) in [6.45, 7) is 5.31. The second-order valence-electron chi connectivity index (χ2n) is 7.24. The van der Waals surface area contributed by atoms with Crippen LogP contribution in [0.2, 0.25) is 0 Å². The van der Waals surface area contributed by atoms with E-state index in [0.717, 1.165) is 16.6 Å². The second kappa shape index (κ2) is 11.8. The Balaban J connectivity index is 2.14. The molecule has 1 N–H and O–H groups in total. The van der Waals surface area contributed by atoms with E-state index in [2.05, 4.69) is 21.2 Å². The van der Waals surface area contributed by atoms with Crippen LogP contribution in [-0.2, 0) is 23.1 Å². The summed E-state index contributed by atoms with van der Waals surface area (Å²) in [6, 6.07) is 11.0. The van der Waals surface area contributed by atoms with Gasteiger partial charge in [0.15, 0.2) is 0 Å². The standard InChI is InChI=1S/C22H31BrN4O3/c1-5-17(2)27(22(29)24-19-9-6-8-18(23)14-19)16-21(28)26(12-13-30-4)15-20-10-7-11-25(20)3/h6-11,14,17H,5,12-13,15-16H2,1-4H3,(H,24,29). The molecule has 0 fully saturated rings. The van der Waals surface area contributed by atoms with Gasteiger partial charge in [0.05, 0.1) is 13.2 Å². The summed E-state index contributed by atoms with van der Waals surface area (Å²) in [4.78, 5) is 29.5. The van der Waals surface area contributed by atoms with Gasteiger partial charge in [0.25, 0.3) is 0 Å². The summed E-state index contributed by atoms with van der Waals surface area (Å²) >= 11 is 3.41. The van der Waals surface area contributed by atoms with Crippen LogP contribution in [0.25, 0.3) is 0 Å². The van der Waals surface area contributed by atoms with Crippen molar-refractivity contribution in [1.29, 1.82) is 0 Å². The number of nitrogens with zero attached hydrogens (tertiary/aromatic N) is 3. The van der Waals surface area contributed by atoms with Crippen LogP contribution in [0.1, 0.15) is 26.0 Å². The number of carbonyl (C=O) groups is 2. The molecule has 0 aliphatic carbocycles. The van der Waals surface area contributed by atoms with E-state index in [1.54, 1.807) is 16.9 Å². The van der Waals surface area contributed by atoms with Gasteiger partial charge in [-0.1, -0.05) is 28.9 Å². The van der Waals surface area contributed by atoms with Gasteiger partial charge in [-0.25, -0.2) is 4.79 Å². The van der Waals surface area contributed by atoms with Gasteiger partial charge in [0.2, 0.25) is 5.91 Å². The minimum absolute atomic E-state index is 0.00296. The summed E-state index contributed by atoms with van der Waals surface area (Å²) in [5, 5.41) is 2.90. The number of benzene rings is 1. The summed E-state index contributed by atoms with van der Waals surface area (Å²) < 4.78 is 8.05. The largest absolute Gasteiger partial charge is 0.383 e. The highest BCUT2D eigenvalue weighted by Crippen LogP contribution is 2.17. The average molecular weight is 479 g/mol. The molecular formula is C22H31BrN4O3. The minimum atomic E-state index is -0.290. The van der Waals surface area contributed by atoms with Crippen LogP contribution in [0.4, 0.5) is 10.5 Å². The number of urea groups is 1. The molecule has 0 saturated heterocycles. The molecule has 30 heavy (non-hydrogen) atoms. The zero-order chi connectivity index (χ0) is 22.1. The topological polar surface area (TPSA) is 66.8 Å². The first kappa shape index (κ1) is 24.0.